The molecule has 0 bridgehead atoms. The average molecular weight is 270 g/mol. The Morgan fingerprint density at radius 3 is 2.45 bits per heavy atom. The smallest absolute Gasteiger partial charge is 0.321 e. The van der Waals surface area contributed by atoms with E-state index in [2.05, 4.69) is 10.3 Å². The number of hydrogen-bond donors (Lipinski definition) is 2. The molecule has 0 spiro atoms. The number of aromatic nitrogens is 1. The van der Waals surface area contributed by atoms with E-state index < -0.39 is 0 Å². The van der Waals surface area contributed by atoms with Gasteiger partial charge in [0.25, 0.3) is 0 Å². The maximum Gasteiger partial charge on any atom is 0.321 e. The Bertz CT molecular complexity index is 620. The van der Waals surface area contributed by atoms with E-state index in [-0.39, 0.29) is 6.03 Å². The van der Waals surface area contributed by atoms with Gasteiger partial charge in [0.2, 0.25) is 0 Å². The van der Waals surface area contributed by atoms with Gasteiger partial charge in [0.05, 0.1) is 0 Å². The molecule has 1 heterocycles. The minimum atomic E-state index is -0.150. The molecule has 2 rings (SSSR count). The van der Waals surface area contributed by atoms with Crippen molar-refractivity contribution in [2.75, 3.05) is 25.1 Å². The fraction of sp³-hybridized carbons (Fsp3) is 0.200. The number of nitrogens with one attached hydrogen (secondary N) is 1. The third-order valence-corrected chi connectivity index (χ3v) is 2.99. The number of carbonyl (C=O) groups is 1. The van der Waals surface area contributed by atoms with Crippen LogP contribution < -0.4 is 11.1 Å². The molecule has 2 aromatic rings. The highest BCUT2D eigenvalue weighted by molar-refractivity contribution is 5.89. The van der Waals surface area contributed by atoms with Crippen molar-refractivity contribution in [3.05, 3.63) is 42.1 Å². The minimum Gasteiger partial charge on any atom is -0.384 e. The van der Waals surface area contributed by atoms with Crippen LogP contribution in [0.2, 0.25) is 0 Å². The summed E-state index contributed by atoms with van der Waals surface area (Å²) >= 11 is 0. The molecular weight excluding hydrogens is 252 g/mol. The number of anilines is 2. The zero-order chi connectivity index (χ0) is 14.7. The lowest BCUT2D eigenvalue weighted by molar-refractivity contribution is 0.230. The van der Waals surface area contributed by atoms with Crippen LogP contribution >= 0.6 is 0 Å². The lowest BCUT2D eigenvalue weighted by Gasteiger charge is -2.12. The van der Waals surface area contributed by atoms with Crippen molar-refractivity contribution in [1.29, 1.82) is 0 Å². The molecular formula is C15H18N4O. The molecule has 1 aromatic carbocycles. The van der Waals surface area contributed by atoms with Crippen molar-refractivity contribution >= 4 is 17.5 Å². The molecule has 2 amide bonds. The summed E-state index contributed by atoms with van der Waals surface area (Å²) < 4.78 is 0. The molecule has 0 unspecified atom stereocenters. The molecule has 5 heteroatoms. The van der Waals surface area contributed by atoms with E-state index in [0.29, 0.717) is 5.82 Å². The Balaban J connectivity index is 2.22. The van der Waals surface area contributed by atoms with Gasteiger partial charge in [0, 0.05) is 31.5 Å². The van der Waals surface area contributed by atoms with E-state index in [9.17, 15) is 4.79 Å². The number of nitrogen functional groups attached to an aromatic ring is 1. The molecule has 0 aliphatic carbocycles. The number of pyridine rings is 1. The Kier molecular flexibility index (Phi) is 3.89. The second kappa shape index (κ2) is 5.61. The van der Waals surface area contributed by atoms with E-state index in [1.807, 2.05) is 37.3 Å². The van der Waals surface area contributed by atoms with Crippen molar-refractivity contribution in [3.8, 4) is 11.1 Å². The average Bonchev–Trinajstić information content (AvgIpc) is 2.40. The fourth-order valence-electron chi connectivity index (χ4n) is 1.85. The third kappa shape index (κ3) is 3.06. The Morgan fingerprint density at radius 2 is 1.90 bits per heavy atom. The predicted octanol–water partition coefficient (Wildman–Crippen LogP) is 2.73. The van der Waals surface area contributed by atoms with Gasteiger partial charge in [0.15, 0.2) is 0 Å². The minimum absolute atomic E-state index is 0.150. The lowest BCUT2D eigenvalue weighted by Crippen LogP contribution is -2.27. The van der Waals surface area contributed by atoms with E-state index in [1.165, 1.54) is 4.90 Å². The Labute approximate surface area is 118 Å². The van der Waals surface area contributed by atoms with E-state index in [4.69, 9.17) is 5.73 Å². The van der Waals surface area contributed by atoms with Gasteiger partial charge in [-0.25, -0.2) is 9.78 Å². The molecule has 0 fully saturated rings. The summed E-state index contributed by atoms with van der Waals surface area (Å²) in [6, 6.07) is 9.33. The highest BCUT2D eigenvalue weighted by atomic mass is 16.2. The summed E-state index contributed by atoms with van der Waals surface area (Å²) in [4.78, 5) is 17.1. The largest absolute Gasteiger partial charge is 0.384 e. The summed E-state index contributed by atoms with van der Waals surface area (Å²) in [5, 5.41) is 2.80. The van der Waals surface area contributed by atoms with E-state index in [1.54, 1.807) is 20.3 Å². The quantitative estimate of drug-likeness (QED) is 0.881. The van der Waals surface area contributed by atoms with Gasteiger partial charge >= 0.3 is 6.03 Å². The SMILES string of the molecule is Cc1cc(N)ncc1-c1ccc(NC(=O)N(C)C)cc1. The standard InChI is InChI=1S/C15H18N4O/c1-10-8-14(16)17-9-13(10)11-4-6-12(7-5-11)18-15(20)19(2)3/h4-9H,1-3H3,(H2,16,17)(H,18,20). The van der Waals surface area contributed by atoms with Crippen LogP contribution in [-0.4, -0.2) is 30.0 Å². The maximum absolute atomic E-state index is 11.5. The number of urea groups is 1. The molecule has 20 heavy (non-hydrogen) atoms. The number of benzene rings is 1. The summed E-state index contributed by atoms with van der Waals surface area (Å²) in [6.07, 6.45) is 1.76. The van der Waals surface area contributed by atoms with Crippen molar-refractivity contribution in [2.45, 2.75) is 6.92 Å². The van der Waals surface area contributed by atoms with Crippen LogP contribution in [0.4, 0.5) is 16.3 Å². The molecule has 0 saturated heterocycles. The van der Waals surface area contributed by atoms with Crippen LogP contribution in [0.15, 0.2) is 36.5 Å². The molecule has 0 aliphatic rings. The van der Waals surface area contributed by atoms with Crippen LogP contribution in [0.3, 0.4) is 0 Å². The van der Waals surface area contributed by atoms with Crippen LogP contribution in [0.1, 0.15) is 5.56 Å². The molecule has 0 radical (unpaired) electrons. The zero-order valence-corrected chi connectivity index (χ0v) is 11.8. The molecule has 0 atom stereocenters. The van der Waals surface area contributed by atoms with Crippen molar-refractivity contribution in [1.82, 2.24) is 9.88 Å². The summed E-state index contributed by atoms with van der Waals surface area (Å²) in [5.41, 5.74) is 9.55. The number of carbonyl (C=O) groups excluding carboxylic acids is 1. The summed E-state index contributed by atoms with van der Waals surface area (Å²) in [5.74, 6) is 0.515. The summed E-state index contributed by atoms with van der Waals surface area (Å²) in [7, 11) is 3.40. The highest BCUT2D eigenvalue weighted by Crippen LogP contribution is 2.25. The van der Waals surface area contributed by atoms with Gasteiger partial charge in [-0.3, -0.25) is 0 Å². The molecule has 1 aromatic heterocycles. The lowest BCUT2D eigenvalue weighted by atomic mass is 10.0. The number of nitrogens with zero attached hydrogens (tertiary/aromatic N) is 2. The monoisotopic (exact) mass is 270 g/mol. The summed E-state index contributed by atoms with van der Waals surface area (Å²) in [6.45, 7) is 2.00. The molecule has 104 valence electrons. The fourth-order valence-corrected chi connectivity index (χ4v) is 1.85. The molecule has 5 nitrogen and oxygen atoms in total. The first-order valence-electron chi connectivity index (χ1n) is 6.28. The van der Waals surface area contributed by atoms with Gasteiger partial charge < -0.3 is 16.0 Å². The zero-order valence-electron chi connectivity index (χ0n) is 11.8. The Morgan fingerprint density at radius 1 is 1.25 bits per heavy atom. The van der Waals surface area contributed by atoms with Gasteiger partial charge in [0.1, 0.15) is 5.82 Å². The van der Waals surface area contributed by atoms with Gasteiger partial charge in [-0.1, -0.05) is 12.1 Å². The highest BCUT2D eigenvalue weighted by Gasteiger charge is 2.06. The number of amides is 2. The predicted molar refractivity (Wildman–Crippen MR) is 81.5 cm³/mol. The van der Waals surface area contributed by atoms with Crippen molar-refractivity contribution in [3.63, 3.8) is 0 Å². The van der Waals surface area contributed by atoms with Gasteiger partial charge in [-0.15, -0.1) is 0 Å². The number of nitrogens with two attached hydrogens (primary N) is 1. The van der Waals surface area contributed by atoms with Crippen LogP contribution in [0.5, 0.6) is 0 Å². The van der Waals surface area contributed by atoms with Gasteiger partial charge in [-0.2, -0.15) is 0 Å². The van der Waals surface area contributed by atoms with E-state index in [0.717, 1.165) is 22.4 Å². The normalized spacial score (nSPS) is 10.2. The van der Waals surface area contributed by atoms with E-state index >= 15 is 0 Å². The molecule has 3 N–H and O–H groups in total. The molecule has 0 saturated carbocycles. The first-order valence-corrected chi connectivity index (χ1v) is 6.28. The first kappa shape index (κ1) is 13.9. The van der Waals surface area contributed by atoms with Crippen LogP contribution in [0, 0.1) is 6.92 Å². The van der Waals surface area contributed by atoms with Gasteiger partial charge in [-0.05, 0) is 36.2 Å². The number of rotatable bonds is 2. The third-order valence-electron chi connectivity index (χ3n) is 2.99. The second-order valence-corrected chi connectivity index (χ2v) is 4.83. The maximum atomic E-state index is 11.5. The van der Waals surface area contributed by atoms with Crippen LogP contribution in [0.25, 0.3) is 11.1 Å². The van der Waals surface area contributed by atoms with Crippen molar-refractivity contribution in [2.24, 2.45) is 0 Å². The number of aryl methyl sites for hydroxylation is 1. The number of hydrogen-bond acceptors (Lipinski definition) is 3. The Hall–Kier alpha value is -2.56. The molecule has 0 aliphatic heterocycles. The van der Waals surface area contributed by atoms with Crippen LogP contribution in [-0.2, 0) is 0 Å². The topological polar surface area (TPSA) is 71.2 Å². The first-order chi connectivity index (χ1) is 9.47. The van der Waals surface area contributed by atoms with Crippen molar-refractivity contribution < 1.29 is 4.79 Å². The second-order valence-electron chi connectivity index (χ2n) is 4.83.